The summed E-state index contributed by atoms with van der Waals surface area (Å²) in [6, 6.07) is 0.738. The van der Waals surface area contributed by atoms with E-state index < -0.39 is 6.29 Å². The fourth-order valence-electron chi connectivity index (χ4n) is 10.8. The van der Waals surface area contributed by atoms with E-state index in [1.54, 1.807) is 7.11 Å². The predicted molar refractivity (Wildman–Crippen MR) is 177 cm³/mol. The van der Waals surface area contributed by atoms with Crippen molar-refractivity contribution in [1.82, 2.24) is 21.3 Å². The minimum absolute atomic E-state index is 0.512. The first kappa shape index (κ1) is 34.6. The van der Waals surface area contributed by atoms with Crippen molar-refractivity contribution >= 4 is 0 Å². The number of rotatable bonds is 19. The molecule has 6 nitrogen and oxygen atoms in total. The van der Waals surface area contributed by atoms with E-state index in [9.17, 15) is 5.11 Å². The summed E-state index contributed by atoms with van der Waals surface area (Å²) in [5.41, 5.74) is 1.08. The molecule has 0 aromatic rings. The molecule has 0 aromatic heterocycles. The van der Waals surface area contributed by atoms with E-state index in [0.29, 0.717) is 16.7 Å². The lowest BCUT2D eigenvalue weighted by Gasteiger charge is -2.61. The summed E-state index contributed by atoms with van der Waals surface area (Å²) >= 11 is 0. The molecular formula is C36H70N4O2. The molecule has 10 atom stereocenters. The Morgan fingerprint density at radius 1 is 0.762 bits per heavy atom. The highest BCUT2D eigenvalue weighted by molar-refractivity contribution is 5.10. The highest BCUT2D eigenvalue weighted by Crippen LogP contribution is 2.68. The van der Waals surface area contributed by atoms with E-state index in [0.717, 1.165) is 81.2 Å². The van der Waals surface area contributed by atoms with Gasteiger partial charge >= 0.3 is 0 Å². The topological polar surface area (TPSA) is 77.6 Å². The van der Waals surface area contributed by atoms with Gasteiger partial charge in [-0.15, -0.1) is 0 Å². The van der Waals surface area contributed by atoms with E-state index in [-0.39, 0.29) is 0 Å². The Morgan fingerprint density at radius 3 is 2.14 bits per heavy atom. The van der Waals surface area contributed by atoms with Crippen molar-refractivity contribution in [3.63, 3.8) is 0 Å². The maximum Gasteiger partial charge on any atom is 0.154 e. The lowest BCUT2D eigenvalue weighted by Crippen LogP contribution is -2.55. The Morgan fingerprint density at radius 2 is 1.43 bits per heavy atom. The zero-order valence-electron chi connectivity index (χ0n) is 28.3. The molecule has 4 aliphatic carbocycles. The van der Waals surface area contributed by atoms with Gasteiger partial charge in [0, 0.05) is 13.2 Å². The first-order chi connectivity index (χ1) is 20.3. The molecule has 5 N–H and O–H groups in total. The average molecular weight is 591 g/mol. The number of fused-ring (bicyclic) bond motifs is 5. The monoisotopic (exact) mass is 591 g/mol. The zero-order chi connectivity index (χ0) is 30.0. The van der Waals surface area contributed by atoms with Crippen LogP contribution in [-0.4, -0.2) is 70.9 Å². The summed E-state index contributed by atoms with van der Waals surface area (Å²) in [4.78, 5) is 0. The van der Waals surface area contributed by atoms with Gasteiger partial charge in [0.25, 0.3) is 0 Å². The fourth-order valence-corrected chi connectivity index (χ4v) is 10.8. The van der Waals surface area contributed by atoms with Gasteiger partial charge in [-0.25, -0.2) is 0 Å². The van der Waals surface area contributed by atoms with Gasteiger partial charge in [0.1, 0.15) is 0 Å². The molecule has 0 amide bonds. The maximum absolute atomic E-state index is 9.96. The quantitative estimate of drug-likeness (QED) is 0.0947. The van der Waals surface area contributed by atoms with Crippen LogP contribution in [0.3, 0.4) is 0 Å². The molecule has 0 aliphatic heterocycles. The first-order valence-corrected chi connectivity index (χ1v) is 18.3. The highest BCUT2D eigenvalue weighted by Gasteiger charge is 2.60. The molecule has 0 radical (unpaired) electrons. The predicted octanol–water partition coefficient (Wildman–Crippen LogP) is 5.94. The third-order valence-corrected chi connectivity index (χ3v) is 13.3. The Labute approximate surface area is 260 Å². The molecule has 4 saturated carbocycles. The van der Waals surface area contributed by atoms with E-state index in [2.05, 4.69) is 42.0 Å². The fraction of sp³-hybridized carbons (Fsp3) is 1.00. The van der Waals surface area contributed by atoms with Gasteiger partial charge < -0.3 is 31.1 Å². The van der Waals surface area contributed by atoms with Crippen LogP contribution in [0.5, 0.6) is 0 Å². The van der Waals surface area contributed by atoms with Gasteiger partial charge in [-0.2, -0.15) is 0 Å². The normalized spacial score (nSPS) is 37.6. The summed E-state index contributed by atoms with van der Waals surface area (Å²) < 4.78 is 5.14. The molecule has 4 aliphatic rings. The van der Waals surface area contributed by atoms with Crippen molar-refractivity contribution in [2.45, 2.75) is 129 Å². The Balaban J connectivity index is 1.14. The molecule has 42 heavy (non-hydrogen) atoms. The number of methoxy groups -OCH3 is 1. The zero-order valence-corrected chi connectivity index (χ0v) is 28.3. The Hall–Kier alpha value is -0.240. The van der Waals surface area contributed by atoms with Crippen LogP contribution in [0.4, 0.5) is 0 Å². The maximum atomic E-state index is 9.96. The van der Waals surface area contributed by atoms with Crippen LogP contribution in [-0.2, 0) is 4.74 Å². The minimum atomic E-state index is -0.592. The second-order valence-electron chi connectivity index (χ2n) is 15.6. The minimum Gasteiger partial charge on any atom is -0.368 e. The van der Waals surface area contributed by atoms with Crippen molar-refractivity contribution in [3.8, 4) is 0 Å². The smallest absolute Gasteiger partial charge is 0.154 e. The summed E-state index contributed by atoms with van der Waals surface area (Å²) in [6.45, 7) is 14.7. The molecule has 9 unspecified atom stereocenters. The van der Waals surface area contributed by atoms with Crippen LogP contribution >= 0.6 is 0 Å². The number of nitrogens with one attached hydrogen (secondary N) is 4. The number of unbranched alkanes of at least 4 members (excludes halogenated alkanes) is 1. The number of aliphatic hydroxyl groups excluding tert-OH is 1. The molecule has 4 fully saturated rings. The summed E-state index contributed by atoms with van der Waals surface area (Å²) in [7, 11) is 3.65. The van der Waals surface area contributed by atoms with Gasteiger partial charge in [0.05, 0.1) is 0 Å². The average Bonchev–Trinajstić information content (AvgIpc) is 3.35. The highest BCUT2D eigenvalue weighted by atomic mass is 16.6. The molecule has 0 heterocycles. The third-order valence-electron chi connectivity index (χ3n) is 13.3. The van der Waals surface area contributed by atoms with E-state index in [1.807, 2.05) is 7.05 Å². The van der Waals surface area contributed by atoms with Crippen molar-refractivity contribution in [1.29, 1.82) is 0 Å². The summed E-state index contributed by atoms with van der Waals surface area (Å²) in [5.74, 6) is 5.26. The number of hydrogen-bond donors (Lipinski definition) is 5. The molecule has 4 rings (SSSR count). The van der Waals surface area contributed by atoms with E-state index in [1.165, 1.54) is 90.0 Å². The van der Waals surface area contributed by atoms with Gasteiger partial charge in [0.2, 0.25) is 0 Å². The van der Waals surface area contributed by atoms with Crippen LogP contribution in [0.2, 0.25) is 0 Å². The van der Waals surface area contributed by atoms with Crippen molar-refractivity contribution in [2.75, 3.05) is 53.4 Å². The van der Waals surface area contributed by atoms with Crippen LogP contribution in [0, 0.1) is 46.3 Å². The van der Waals surface area contributed by atoms with Gasteiger partial charge in [0.15, 0.2) is 6.29 Å². The molecule has 246 valence electrons. The first-order valence-electron chi connectivity index (χ1n) is 18.3. The van der Waals surface area contributed by atoms with E-state index >= 15 is 0 Å². The summed E-state index contributed by atoms with van der Waals surface area (Å²) in [5, 5.41) is 24.4. The molecule has 0 aromatic carbocycles. The molecule has 0 saturated heterocycles. The van der Waals surface area contributed by atoms with Crippen molar-refractivity contribution < 1.29 is 9.84 Å². The molecular weight excluding hydrogens is 520 g/mol. The Bertz CT molecular complexity index is 769. The largest absolute Gasteiger partial charge is 0.368 e. The van der Waals surface area contributed by atoms with Crippen LogP contribution in [0.15, 0.2) is 0 Å². The Kier molecular flexibility index (Phi) is 13.9. The SMILES string of the molecule is CNCCCNCCCCNCCCNC1CCC2(C)C(CCC3C2CCC2(C)C3CC[C@@H]2C(C)CCC(O)OC)C1. The molecule has 0 spiro atoms. The lowest BCUT2D eigenvalue weighted by molar-refractivity contribution is -0.119. The second kappa shape index (κ2) is 16.9. The van der Waals surface area contributed by atoms with Gasteiger partial charge in [-0.1, -0.05) is 20.8 Å². The third kappa shape index (κ3) is 8.51. The van der Waals surface area contributed by atoms with Crippen LogP contribution < -0.4 is 21.3 Å². The number of aliphatic hydroxyl groups is 1. The van der Waals surface area contributed by atoms with E-state index in [4.69, 9.17) is 4.74 Å². The van der Waals surface area contributed by atoms with Crippen LogP contribution in [0.25, 0.3) is 0 Å². The number of ether oxygens (including phenoxy) is 1. The van der Waals surface area contributed by atoms with Crippen LogP contribution in [0.1, 0.15) is 117 Å². The van der Waals surface area contributed by atoms with Gasteiger partial charge in [-0.3, -0.25) is 0 Å². The summed E-state index contributed by atoms with van der Waals surface area (Å²) in [6.07, 6.45) is 19.2. The second-order valence-corrected chi connectivity index (χ2v) is 15.6. The lowest BCUT2D eigenvalue weighted by atomic mass is 9.44. The molecule has 6 heteroatoms. The van der Waals surface area contributed by atoms with Crippen molar-refractivity contribution in [3.05, 3.63) is 0 Å². The van der Waals surface area contributed by atoms with Crippen molar-refractivity contribution in [2.24, 2.45) is 46.3 Å². The standard InChI is InChI=1S/C36H70N4O2/c1-27(10-15-34(41)42-5)31-13-14-32-30-12-11-28-26-29(16-18-35(28,2)33(30)17-19-36(31,32)3)40-25-9-24-39-22-7-6-21-38-23-8-20-37-4/h27-34,37-41H,6-26H2,1-5H3/t27?,28?,29?,30?,31-,32?,33?,34?,35?,36?/m1/s1. The number of hydrogen-bond acceptors (Lipinski definition) is 6. The molecule has 0 bridgehead atoms. The van der Waals surface area contributed by atoms with Gasteiger partial charge in [-0.05, 0) is 189 Å².